The third kappa shape index (κ3) is 2.22. The van der Waals surface area contributed by atoms with E-state index in [0.29, 0.717) is 6.61 Å². The molecular weight excluding hydrogens is 164 g/mol. The van der Waals surface area contributed by atoms with Crippen LogP contribution < -0.4 is 4.74 Å². The molecule has 0 aromatic heterocycles. The average Bonchev–Trinajstić information content (AvgIpc) is 2.10. The normalized spacial score (nSPS) is 10.2. The van der Waals surface area contributed by atoms with Crippen LogP contribution in [0.2, 0.25) is 0 Å². The molecule has 0 radical (unpaired) electrons. The minimum atomic E-state index is 0.0756. The van der Waals surface area contributed by atoms with E-state index in [0.717, 1.165) is 22.4 Å². The molecular formula is C11H16O2. The summed E-state index contributed by atoms with van der Waals surface area (Å²) < 4.78 is 5.42. The molecule has 0 aliphatic heterocycles. The van der Waals surface area contributed by atoms with E-state index in [2.05, 4.69) is 0 Å². The second-order valence-electron chi connectivity index (χ2n) is 3.14. The van der Waals surface area contributed by atoms with Crippen LogP contribution in [0.3, 0.4) is 0 Å². The topological polar surface area (TPSA) is 29.5 Å². The van der Waals surface area contributed by atoms with E-state index in [1.165, 1.54) is 0 Å². The summed E-state index contributed by atoms with van der Waals surface area (Å²) in [5, 5.41) is 9.05. The van der Waals surface area contributed by atoms with E-state index in [-0.39, 0.29) is 6.61 Å². The van der Waals surface area contributed by atoms with Gasteiger partial charge in [0.25, 0.3) is 0 Å². The number of aryl methyl sites for hydroxylation is 2. The van der Waals surface area contributed by atoms with E-state index < -0.39 is 0 Å². The van der Waals surface area contributed by atoms with Crippen LogP contribution in [0.5, 0.6) is 5.75 Å². The number of aliphatic hydroxyl groups excluding tert-OH is 1. The van der Waals surface area contributed by atoms with Gasteiger partial charge in [-0.25, -0.2) is 0 Å². The van der Waals surface area contributed by atoms with E-state index in [1.807, 2.05) is 32.9 Å². The van der Waals surface area contributed by atoms with Crippen molar-refractivity contribution < 1.29 is 9.84 Å². The molecule has 1 N–H and O–H groups in total. The van der Waals surface area contributed by atoms with Crippen LogP contribution in [0.1, 0.15) is 23.6 Å². The van der Waals surface area contributed by atoms with Crippen molar-refractivity contribution >= 4 is 0 Å². The minimum Gasteiger partial charge on any atom is -0.494 e. The summed E-state index contributed by atoms with van der Waals surface area (Å²) in [6.45, 7) is 6.70. The van der Waals surface area contributed by atoms with Gasteiger partial charge in [-0.2, -0.15) is 0 Å². The van der Waals surface area contributed by atoms with Gasteiger partial charge in [0, 0.05) is 0 Å². The summed E-state index contributed by atoms with van der Waals surface area (Å²) in [5.41, 5.74) is 3.18. The smallest absolute Gasteiger partial charge is 0.122 e. The first kappa shape index (κ1) is 10.1. The average molecular weight is 180 g/mol. The Morgan fingerprint density at radius 2 is 1.92 bits per heavy atom. The van der Waals surface area contributed by atoms with Crippen molar-refractivity contribution in [3.63, 3.8) is 0 Å². The molecule has 0 aliphatic rings. The predicted molar refractivity (Wildman–Crippen MR) is 53.0 cm³/mol. The van der Waals surface area contributed by atoms with E-state index in [1.54, 1.807) is 0 Å². The monoisotopic (exact) mass is 180 g/mol. The fourth-order valence-corrected chi connectivity index (χ4v) is 1.36. The quantitative estimate of drug-likeness (QED) is 0.772. The number of ether oxygens (including phenoxy) is 1. The Hall–Kier alpha value is -1.02. The summed E-state index contributed by atoms with van der Waals surface area (Å²) in [6.07, 6.45) is 0. The van der Waals surface area contributed by atoms with Gasteiger partial charge in [0.1, 0.15) is 5.75 Å². The molecule has 0 aliphatic carbocycles. The second kappa shape index (κ2) is 4.28. The van der Waals surface area contributed by atoms with E-state index in [9.17, 15) is 0 Å². The van der Waals surface area contributed by atoms with Gasteiger partial charge in [0.05, 0.1) is 13.2 Å². The SMILES string of the molecule is CCOc1cc(CO)c(C)cc1C. The first-order valence-corrected chi connectivity index (χ1v) is 4.52. The second-order valence-corrected chi connectivity index (χ2v) is 3.14. The third-order valence-electron chi connectivity index (χ3n) is 2.10. The van der Waals surface area contributed by atoms with Gasteiger partial charge in [-0.05, 0) is 43.5 Å². The van der Waals surface area contributed by atoms with Crippen molar-refractivity contribution in [2.24, 2.45) is 0 Å². The van der Waals surface area contributed by atoms with Crippen LogP contribution in [0.15, 0.2) is 12.1 Å². The van der Waals surface area contributed by atoms with Gasteiger partial charge in [-0.15, -0.1) is 0 Å². The van der Waals surface area contributed by atoms with Gasteiger partial charge in [0.15, 0.2) is 0 Å². The lowest BCUT2D eigenvalue weighted by molar-refractivity contribution is 0.279. The summed E-state index contributed by atoms with van der Waals surface area (Å²) in [6, 6.07) is 3.95. The molecule has 1 rings (SSSR count). The Balaban J connectivity index is 3.06. The summed E-state index contributed by atoms with van der Waals surface area (Å²) >= 11 is 0. The van der Waals surface area contributed by atoms with Crippen LogP contribution in [0.25, 0.3) is 0 Å². The first-order chi connectivity index (χ1) is 6.19. The Labute approximate surface area is 79.2 Å². The highest BCUT2D eigenvalue weighted by atomic mass is 16.5. The number of hydrogen-bond acceptors (Lipinski definition) is 2. The van der Waals surface area contributed by atoms with Crippen molar-refractivity contribution in [2.75, 3.05) is 6.61 Å². The molecule has 1 aromatic rings. The third-order valence-corrected chi connectivity index (χ3v) is 2.10. The highest BCUT2D eigenvalue weighted by Gasteiger charge is 2.03. The lowest BCUT2D eigenvalue weighted by Gasteiger charge is -2.10. The zero-order valence-electron chi connectivity index (χ0n) is 8.42. The van der Waals surface area contributed by atoms with Gasteiger partial charge in [-0.1, -0.05) is 6.07 Å². The molecule has 0 atom stereocenters. The first-order valence-electron chi connectivity index (χ1n) is 4.52. The van der Waals surface area contributed by atoms with Gasteiger partial charge < -0.3 is 9.84 Å². The number of rotatable bonds is 3. The van der Waals surface area contributed by atoms with Crippen LogP contribution in [0.4, 0.5) is 0 Å². The Morgan fingerprint density at radius 1 is 1.23 bits per heavy atom. The molecule has 0 bridgehead atoms. The zero-order chi connectivity index (χ0) is 9.84. The lowest BCUT2D eigenvalue weighted by atomic mass is 10.1. The standard InChI is InChI=1S/C11H16O2/c1-4-13-11-6-10(7-12)8(2)5-9(11)3/h5-6,12H,4,7H2,1-3H3. The molecule has 0 fully saturated rings. The summed E-state index contributed by atoms with van der Waals surface area (Å²) in [4.78, 5) is 0. The zero-order valence-corrected chi connectivity index (χ0v) is 8.42. The fraction of sp³-hybridized carbons (Fsp3) is 0.455. The largest absolute Gasteiger partial charge is 0.494 e. The number of hydrogen-bond donors (Lipinski definition) is 1. The maximum Gasteiger partial charge on any atom is 0.122 e. The molecule has 0 heterocycles. The van der Waals surface area contributed by atoms with Crippen molar-refractivity contribution in [3.05, 3.63) is 28.8 Å². The van der Waals surface area contributed by atoms with Crippen LogP contribution in [0, 0.1) is 13.8 Å². The molecule has 0 unspecified atom stereocenters. The fourth-order valence-electron chi connectivity index (χ4n) is 1.36. The van der Waals surface area contributed by atoms with Crippen LogP contribution in [-0.4, -0.2) is 11.7 Å². The molecule has 0 amide bonds. The van der Waals surface area contributed by atoms with Crippen molar-refractivity contribution in [1.29, 1.82) is 0 Å². The van der Waals surface area contributed by atoms with Crippen LogP contribution in [-0.2, 0) is 6.61 Å². The molecule has 0 saturated heterocycles. The maximum atomic E-state index is 9.05. The van der Waals surface area contributed by atoms with Crippen molar-refractivity contribution in [2.45, 2.75) is 27.4 Å². The Kier molecular flexibility index (Phi) is 3.32. The van der Waals surface area contributed by atoms with Gasteiger partial charge >= 0.3 is 0 Å². The molecule has 0 saturated carbocycles. The lowest BCUT2D eigenvalue weighted by Crippen LogP contribution is -1.97. The van der Waals surface area contributed by atoms with Crippen molar-refractivity contribution in [3.8, 4) is 5.75 Å². The predicted octanol–water partition coefficient (Wildman–Crippen LogP) is 2.19. The van der Waals surface area contributed by atoms with Crippen LogP contribution >= 0.6 is 0 Å². The molecule has 2 nitrogen and oxygen atoms in total. The molecule has 13 heavy (non-hydrogen) atoms. The molecule has 2 heteroatoms. The highest BCUT2D eigenvalue weighted by Crippen LogP contribution is 2.22. The molecule has 0 spiro atoms. The summed E-state index contributed by atoms with van der Waals surface area (Å²) in [5.74, 6) is 0.872. The Bertz CT molecular complexity index is 292. The summed E-state index contributed by atoms with van der Waals surface area (Å²) in [7, 11) is 0. The molecule has 1 aromatic carbocycles. The molecule has 72 valence electrons. The minimum absolute atomic E-state index is 0.0756. The Morgan fingerprint density at radius 3 is 2.46 bits per heavy atom. The maximum absolute atomic E-state index is 9.05. The van der Waals surface area contributed by atoms with Crippen molar-refractivity contribution in [1.82, 2.24) is 0 Å². The number of aliphatic hydroxyl groups is 1. The van der Waals surface area contributed by atoms with E-state index in [4.69, 9.17) is 9.84 Å². The van der Waals surface area contributed by atoms with Gasteiger partial charge in [0.2, 0.25) is 0 Å². The van der Waals surface area contributed by atoms with E-state index >= 15 is 0 Å². The van der Waals surface area contributed by atoms with Gasteiger partial charge in [-0.3, -0.25) is 0 Å². The highest BCUT2D eigenvalue weighted by molar-refractivity contribution is 5.41. The number of benzene rings is 1.